The Kier molecular flexibility index (Phi) is 10.8. The van der Waals surface area contributed by atoms with Crippen molar-refractivity contribution in [3.63, 3.8) is 0 Å². The highest BCUT2D eigenvalue weighted by Crippen LogP contribution is 2.68. The third-order valence-corrected chi connectivity index (χ3v) is 13.0. The molecule has 0 amide bonds. The van der Waals surface area contributed by atoms with Crippen LogP contribution in [0.25, 0.3) is 0 Å². The van der Waals surface area contributed by atoms with Crippen LogP contribution in [0.1, 0.15) is 99.3 Å². The lowest BCUT2D eigenvalue weighted by molar-refractivity contribution is -0.386. The summed E-state index contributed by atoms with van der Waals surface area (Å²) in [5.74, 6) is 1.58. The fourth-order valence-electron chi connectivity index (χ4n) is 10.4. The second kappa shape index (κ2) is 13.7. The van der Waals surface area contributed by atoms with Gasteiger partial charge in [-0.2, -0.15) is 0 Å². The number of carbonyl (C=O) groups is 1. The van der Waals surface area contributed by atoms with Gasteiger partial charge in [0.15, 0.2) is 11.9 Å². The van der Waals surface area contributed by atoms with Crippen LogP contribution >= 0.6 is 0 Å². The van der Waals surface area contributed by atoms with Crippen molar-refractivity contribution in [2.75, 3.05) is 46.9 Å². The number of carbonyl (C=O) groups excluding carboxylic acids is 1. The number of hydrogen-bond donors (Lipinski definition) is 2. The van der Waals surface area contributed by atoms with Gasteiger partial charge in [-0.05, 0) is 109 Å². The molecule has 1 saturated heterocycles. The Balaban J connectivity index is 1.34. The molecule has 2 N–H and O–H groups in total. The smallest absolute Gasteiger partial charge is 0.192 e. The number of hydrogen-bond acceptors (Lipinski definition) is 10. The molecule has 10 heteroatoms. The molecule has 0 radical (unpaired) electrons. The summed E-state index contributed by atoms with van der Waals surface area (Å²) in [5.41, 5.74) is -4.13. The van der Waals surface area contributed by atoms with Gasteiger partial charge >= 0.3 is 0 Å². The average Bonchev–Trinajstić information content (AvgIpc) is 3.28. The van der Waals surface area contributed by atoms with Crippen LogP contribution in [0.15, 0.2) is 0 Å². The summed E-state index contributed by atoms with van der Waals surface area (Å²) in [4.78, 5) is 13.3. The molecule has 4 saturated carbocycles. The number of ketones is 1. The maximum absolute atomic E-state index is 13.3. The van der Waals surface area contributed by atoms with E-state index in [1.165, 1.54) is 7.11 Å². The first-order chi connectivity index (χ1) is 21.4. The largest absolute Gasteiger partial charge is 0.382 e. The van der Waals surface area contributed by atoms with Crippen LogP contribution in [0.4, 0.5) is 0 Å². The van der Waals surface area contributed by atoms with Crippen molar-refractivity contribution in [3.05, 3.63) is 0 Å². The Morgan fingerprint density at radius 1 is 0.867 bits per heavy atom. The van der Waals surface area contributed by atoms with Gasteiger partial charge in [0.05, 0.1) is 36.4 Å². The Morgan fingerprint density at radius 2 is 1.56 bits per heavy atom. The second-order valence-corrected chi connectivity index (χ2v) is 14.9. The maximum atomic E-state index is 13.3. The van der Waals surface area contributed by atoms with Gasteiger partial charge in [-0.3, -0.25) is 4.79 Å². The van der Waals surface area contributed by atoms with Crippen molar-refractivity contribution in [2.24, 2.45) is 28.6 Å². The van der Waals surface area contributed by atoms with E-state index in [2.05, 4.69) is 13.8 Å². The zero-order chi connectivity index (χ0) is 32.7. The van der Waals surface area contributed by atoms with E-state index in [1.807, 2.05) is 20.8 Å². The summed E-state index contributed by atoms with van der Waals surface area (Å²) in [6.45, 7) is 13.6. The van der Waals surface area contributed by atoms with Crippen LogP contribution in [0, 0.1) is 28.6 Å². The molecule has 1 aliphatic heterocycles. The first-order valence-corrected chi connectivity index (χ1v) is 17.6. The molecule has 260 valence electrons. The molecule has 5 rings (SSSR count). The van der Waals surface area contributed by atoms with Crippen molar-refractivity contribution < 1.29 is 48.2 Å². The van der Waals surface area contributed by atoms with Crippen molar-refractivity contribution >= 4 is 5.78 Å². The molecule has 5 fully saturated rings. The van der Waals surface area contributed by atoms with E-state index >= 15 is 0 Å². The second-order valence-electron chi connectivity index (χ2n) is 14.9. The molecule has 0 aromatic rings. The Hall–Kier alpha value is -0.690. The highest BCUT2D eigenvalue weighted by molar-refractivity contribution is 5.88. The monoisotopic (exact) mass is 640 g/mol. The fourth-order valence-corrected chi connectivity index (χ4v) is 10.4. The van der Waals surface area contributed by atoms with Crippen molar-refractivity contribution in [1.82, 2.24) is 0 Å². The zero-order valence-electron chi connectivity index (χ0n) is 28.8. The molecular formula is C35H60O10. The standard InChI is InChI=1S/C35H60O10/c1-8-40-20-33(37)23(4)44-30(34(38,21-41-9-2)29(33)39-7)45-25-13-16-31(5)24(19-25)11-12-27-26(31)14-17-32(6)28(36)15-18-35(27,32)43-22-42-10-3/h23-27,29-30,37-38H,8-22H2,1-7H3/t23-,24+,25-,26-,27+,29+,30-,31-,32+,33-,34-,35-/m0/s1. The number of ether oxygens (including phenoxy) is 7. The Labute approximate surface area is 270 Å². The van der Waals surface area contributed by atoms with Gasteiger partial charge in [0, 0.05) is 33.4 Å². The summed E-state index contributed by atoms with van der Waals surface area (Å²) in [6, 6.07) is 0. The molecule has 0 spiro atoms. The predicted octanol–water partition coefficient (Wildman–Crippen LogP) is 4.41. The van der Waals surface area contributed by atoms with Gasteiger partial charge in [0.1, 0.15) is 24.3 Å². The highest BCUT2D eigenvalue weighted by Gasteiger charge is 2.69. The van der Waals surface area contributed by atoms with Gasteiger partial charge in [0.25, 0.3) is 0 Å². The normalized spacial score (nSPS) is 48.1. The van der Waals surface area contributed by atoms with Gasteiger partial charge in [-0.1, -0.05) is 6.92 Å². The van der Waals surface area contributed by atoms with Crippen LogP contribution in [0.2, 0.25) is 0 Å². The van der Waals surface area contributed by atoms with Crippen LogP contribution < -0.4 is 0 Å². The van der Waals surface area contributed by atoms with E-state index < -0.39 is 40.7 Å². The maximum Gasteiger partial charge on any atom is 0.192 e. The molecule has 12 atom stereocenters. The minimum absolute atomic E-state index is 0.0445. The first-order valence-electron chi connectivity index (χ1n) is 17.6. The van der Waals surface area contributed by atoms with E-state index in [0.29, 0.717) is 49.8 Å². The molecule has 0 aromatic heterocycles. The summed E-state index contributed by atoms with van der Waals surface area (Å²) in [6.07, 6.45) is 5.13. The molecule has 10 nitrogen and oxygen atoms in total. The van der Waals surface area contributed by atoms with Crippen molar-refractivity contribution in [2.45, 2.75) is 141 Å². The van der Waals surface area contributed by atoms with E-state index in [-0.39, 0.29) is 31.5 Å². The lowest BCUT2D eigenvalue weighted by Crippen LogP contribution is -2.75. The third-order valence-electron chi connectivity index (χ3n) is 13.0. The lowest BCUT2D eigenvalue weighted by atomic mass is 9.44. The number of Topliss-reactive ketones (excluding diaryl/α,β-unsaturated/α-hetero) is 1. The quantitative estimate of drug-likeness (QED) is 0.170. The van der Waals surface area contributed by atoms with E-state index in [9.17, 15) is 15.0 Å². The highest BCUT2D eigenvalue weighted by atomic mass is 16.7. The van der Waals surface area contributed by atoms with Crippen LogP contribution in [-0.2, 0) is 38.0 Å². The minimum atomic E-state index is -1.74. The third kappa shape index (κ3) is 5.76. The number of fused-ring (bicyclic) bond motifs is 5. The number of methoxy groups -OCH3 is 1. The Morgan fingerprint density at radius 3 is 2.22 bits per heavy atom. The van der Waals surface area contributed by atoms with Gasteiger partial charge in [0.2, 0.25) is 0 Å². The van der Waals surface area contributed by atoms with E-state index in [1.54, 1.807) is 6.92 Å². The average molecular weight is 641 g/mol. The summed E-state index contributed by atoms with van der Waals surface area (Å²) < 4.78 is 42.5. The lowest BCUT2D eigenvalue weighted by Gasteiger charge is -2.63. The van der Waals surface area contributed by atoms with E-state index in [0.717, 1.165) is 51.4 Å². The topological polar surface area (TPSA) is 122 Å². The molecule has 5 aliphatic rings. The molecular weight excluding hydrogens is 580 g/mol. The van der Waals surface area contributed by atoms with Gasteiger partial charge < -0.3 is 43.4 Å². The van der Waals surface area contributed by atoms with Crippen LogP contribution in [-0.4, -0.2) is 104 Å². The molecule has 0 unspecified atom stereocenters. The van der Waals surface area contributed by atoms with Crippen LogP contribution in [0.5, 0.6) is 0 Å². The van der Waals surface area contributed by atoms with Crippen molar-refractivity contribution in [3.8, 4) is 0 Å². The molecule has 4 aliphatic carbocycles. The van der Waals surface area contributed by atoms with Gasteiger partial charge in [-0.25, -0.2) is 0 Å². The molecule has 1 heterocycles. The van der Waals surface area contributed by atoms with Crippen LogP contribution in [0.3, 0.4) is 0 Å². The minimum Gasteiger partial charge on any atom is -0.382 e. The molecule has 45 heavy (non-hydrogen) atoms. The Bertz CT molecular complexity index is 1030. The molecule has 0 bridgehead atoms. The number of aliphatic hydroxyl groups is 2. The zero-order valence-corrected chi connectivity index (χ0v) is 28.8. The first kappa shape index (κ1) is 35.6. The fraction of sp³-hybridized carbons (Fsp3) is 0.971. The van der Waals surface area contributed by atoms with E-state index in [4.69, 9.17) is 33.2 Å². The molecule has 0 aromatic carbocycles. The van der Waals surface area contributed by atoms with Gasteiger partial charge in [-0.15, -0.1) is 0 Å². The predicted molar refractivity (Wildman–Crippen MR) is 166 cm³/mol. The summed E-state index contributed by atoms with van der Waals surface area (Å²) in [5, 5.41) is 23.8. The number of rotatable bonds is 13. The summed E-state index contributed by atoms with van der Waals surface area (Å²) in [7, 11) is 1.48. The SMILES string of the molecule is CCOCO[C@]12CCC(=O)[C@@]1(C)CC[C@H]1[C@H]2CC[C@@H]2C[C@@H](O[C@@H]3O[C@@H](C)[C@@](O)(COCC)[C@@H](OC)[C@@]3(O)COCC)CC[C@@]21C. The summed E-state index contributed by atoms with van der Waals surface area (Å²) >= 11 is 0. The van der Waals surface area contributed by atoms with Crippen molar-refractivity contribution in [1.29, 1.82) is 0 Å².